The first-order chi connectivity index (χ1) is 9.24. The quantitative estimate of drug-likeness (QED) is 0.729. The summed E-state index contributed by atoms with van der Waals surface area (Å²) >= 11 is 0. The molecule has 1 aromatic carbocycles. The van der Waals surface area contributed by atoms with Crippen LogP contribution in [-0.2, 0) is 9.53 Å². The smallest absolute Gasteiger partial charge is 0.221 e. The van der Waals surface area contributed by atoms with Crippen LogP contribution in [0.1, 0.15) is 12.5 Å². The summed E-state index contributed by atoms with van der Waals surface area (Å²) in [6, 6.07) is 7.60. The van der Waals surface area contributed by atoms with Crippen molar-refractivity contribution in [2.24, 2.45) is 0 Å². The summed E-state index contributed by atoms with van der Waals surface area (Å²) in [6.07, 6.45) is 0. The van der Waals surface area contributed by atoms with Gasteiger partial charge in [0.05, 0.1) is 13.2 Å². The second kappa shape index (κ2) is 6.93. The Morgan fingerprint density at radius 1 is 1.42 bits per heavy atom. The van der Waals surface area contributed by atoms with Gasteiger partial charge >= 0.3 is 0 Å². The lowest BCUT2D eigenvalue weighted by molar-refractivity contribution is -0.900. The van der Waals surface area contributed by atoms with Crippen LogP contribution in [0.3, 0.4) is 0 Å². The molecule has 19 heavy (non-hydrogen) atoms. The van der Waals surface area contributed by atoms with Crippen molar-refractivity contribution in [2.75, 3.05) is 38.2 Å². The number of quaternary nitrogens is 1. The van der Waals surface area contributed by atoms with Crippen LogP contribution in [0.25, 0.3) is 0 Å². The van der Waals surface area contributed by atoms with Crippen LogP contribution in [-0.4, -0.2) is 38.8 Å². The maximum Gasteiger partial charge on any atom is 0.221 e. The molecule has 0 saturated carbocycles. The van der Waals surface area contributed by atoms with E-state index in [1.807, 2.05) is 24.3 Å². The van der Waals surface area contributed by atoms with Gasteiger partial charge in [0.25, 0.3) is 0 Å². The van der Waals surface area contributed by atoms with Crippen LogP contribution in [0.5, 0.6) is 0 Å². The van der Waals surface area contributed by atoms with E-state index in [1.165, 1.54) is 11.8 Å². The van der Waals surface area contributed by atoms with Gasteiger partial charge in [-0.15, -0.1) is 0 Å². The van der Waals surface area contributed by atoms with Gasteiger partial charge in [-0.05, 0) is 24.1 Å². The van der Waals surface area contributed by atoms with Crippen LogP contribution in [0, 0.1) is 11.8 Å². The van der Waals surface area contributed by atoms with Gasteiger partial charge in [-0.25, -0.2) is 0 Å². The molecule has 4 nitrogen and oxygen atoms in total. The molecule has 0 aromatic heterocycles. The maximum absolute atomic E-state index is 11.0. The molecule has 100 valence electrons. The molecule has 0 unspecified atom stereocenters. The minimum Gasteiger partial charge on any atom is -0.370 e. The van der Waals surface area contributed by atoms with Crippen molar-refractivity contribution in [3.8, 4) is 11.8 Å². The second-order valence-electron chi connectivity index (χ2n) is 4.60. The van der Waals surface area contributed by atoms with Gasteiger partial charge in [0, 0.05) is 18.2 Å². The van der Waals surface area contributed by atoms with Crippen LogP contribution in [0.4, 0.5) is 5.69 Å². The number of benzene rings is 1. The highest BCUT2D eigenvalue weighted by molar-refractivity contribution is 5.88. The summed E-state index contributed by atoms with van der Waals surface area (Å²) in [5.41, 5.74) is 1.72. The fraction of sp³-hybridized carbons (Fsp3) is 0.400. The molecule has 4 heteroatoms. The lowest BCUT2D eigenvalue weighted by atomic mass is 10.2. The first-order valence-corrected chi connectivity index (χ1v) is 6.52. The molecular weight excluding hydrogens is 240 g/mol. The first kappa shape index (κ1) is 13.6. The second-order valence-corrected chi connectivity index (χ2v) is 4.60. The number of amides is 1. The van der Waals surface area contributed by atoms with Gasteiger partial charge in [-0.2, -0.15) is 0 Å². The lowest BCUT2D eigenvalue weighted by Crippen LogP contribution is -3.14. The summed E-state index contributed by atoms with van der Waals surface area (Å²) in [4.78, 5) is 12.5. The van der Waals surface area contributed by atoms with Crippen molar-refractivity contribution in [3.63, 3.8) is 0 Å². The number of rotatable bonds is 2. The van der Waals surface area contributed by atoms with E-state index in [0.29, 0.717) is 0 Å². The molecule has 0 spiro atoms. The third-order valence-electron chi connectivity index (χ3n) is 2.95. The highest BCUT2D eigenvalue weighted by Crippen LogP contribution is 2.09. The topological polar surface area (TPSA) is 42.8 Å². The summed E-state index contributed by atoms with van der Waals surface area (Å²) in [6.45, 7) is 6.05. The van der Waals surface area contributed by atoms with Crippen LogP contribution < -0.4 is 10.2 Å². The number of anilines is 1. The van der Waals surface area contributed by atoms with E-state index in [9.17, 15) is 4.79 Å². The minimum atomic E-state index is -0.0668. The zero-order valence-corrected chi connectivity index (χ0v) is 11.2. The average molecular weight is 259 g/mol. The Morgan fingerprint density at radius 3 is 2.95 bits per heavy atom. The molecule has 0 atom stereocenters. The highest BCUT2D eigenvalue weighted by atomic mass is 16.5. The Morgan fingerprint density at radius 2 is 2.21 bits per heavy atom. The van der Waals surface area contributed by atoms with Crippen molar-refractivity contribution >= 4 is 11.6 Å². The number of hydrogen-bond acceptors (Lipinski definition) is 2. The molecular formula is C15H19N2O2+. The number of carbonyl (C=O) groups is 1. The van der Waals surface area contributed by atoms with Crippen molar-refractivity contribution in [1.29, 1.82) is 0 Å². The standard InChI is InChI=1S/C15H18N2O2/c1-13(18)16-15-6-2-4-14(12-15)5-3-7-17-8-10-19-11-9-17/h2,4,6,12H,7-11H2,1H3,(H,16,18)/p+1. The van der Waals surface area contributed by atoms with Gasteiger partial charge in [-0.3, -0.25) is 4.79 Å². The third kappa shape index (κ3) is 4.74. The molecule has 1 amide bonds. The maximum atomic E-state index is 11.0. The Kier molecular flexibility index (Phi) is 4.96. The van der Waals surface area contributed by atoms with Gasteiger partial charge in [0.2, 0.25) is 5.91 Å². The average Bonchev–Trinajstić information content (AvgIpc) is 2.40. The summed E-state index contributed by atoms with van der Waals surface area (Å²) in [5.74, 6) is 6.27. The summed E-state index contributed by atoms with van der Waals surface area (Å²) in [7, 11) is 0. The first-order valence-electron chi connectivity index (χ1n) is 6.52. The molecule has 1 fully saturated rings. The molecule has 1 saturated heterocycles. The van der Waals surface area contributed by atoms with E-state index in [4.69, 9.17) is 4.74 Å². The van der Waals surface area contributed by atoms with Crippen molar-refractivity contribution in [1.82, 2.24) is 0 Å². The molecule has 0 bridgehead atoms. The highest BCUT2D eigenvalue weighted by Gasteiger charge is 2.11. The summed E-state index contributed by atoms with van der Waals surface area (Å²) in [5, 5.41) is 2.76. The number of hydrogen-bond donors (Lipinski definition) is 2. The van der Waals surface area contributed by atoms with E-state index in [2.05, 4.69) is 17.2 Å². The zero-order valence-electron chi connectivity index (χ0n) is 11.2. The van der Waals surface area contributed by atoms with E-state index in [1.54, 1.807) is 0 Å². The predicted molar refractivity (Wildman–Crippen MR) is 74.0 cm³/mol. The van der Waals surface area contributed by atoms with E-state index in [0.717, 1.165) is 44.1 Å². The number of morpholine rings is 1. The van der Waals surface area contributed by atoms with Crippen molar-refractivity contribution in [2.45, 2.75) is 6.92 Å². The summed E-state index contributed by atoms with van der Waals surface area (Å²) < 4.78 is 5.31. The number of ether oxygens (including phenoxy) is 1. The molecule has 0 radical (unpaired) electrons. The third-order valence-corrected chi connectivity index (χ3v) is 2.95. The van der Waals surface area contributed by atoms with Crippen LogP contribution in [0.15, 0.2) is 24.3 Å². The number of carbonyl (C=O) groups excluding carboxylic acids is 1. The van der Waals surface area contributed by atoms with Gasteiger partial charge < -0.3 is 15.0 Å². The van der Waals surface area contributed by atoms with Crippen molar-refractivity contribution < 1.29 is 14.4 Å². The van der Waals surface area contributed by atoms with E-state index in [-0.39, 0.29) is 5.91 Å². The van der Waals surface area contributed by atoms with Crippen LogP contribution in [0.2, 0.25) is 0 Å². The van der Waals surface area contributed by atoms with E-state index < -0.39 is 0 Å². The molecule has 1 aromatic rings. The molecule has 1 aliphatic rings. The Hall–Kier alpha value is -1.83. The Labute approximate surface area is 113 Å². The SMILES string of the molecule is CC(=O)Nc1cccc(C#CC[NH+]2CCOCC2)c1. The zero-order chi connectivity index (χ0) is 13.5. The van der Waals surface area contributed by atoms with Crippen LogP contribution >= 0.6 is 0 Å². The van der Waals surface area contributed by atoms with Gasteiger partial charge in [-0.1, -0.05) is 12.0 Å². The monoisotopic (exact) mass is 259 g/mol. The van der Waals surface area contributed by atoms with E-state index >= 15 is 0 Å². The molecule has 1 heterocycles. The minimum absolute atomic E-state index is 0.0668. The largest absolute Gasteiger partial charge is 0.370 e. The van der Waals surface area contributed by atoms with Gasteiger partial charge in [0.15, 0.2) is 0 Å². The fourth-order valence-electron chi connectivity index (χ4n) is 1.99. The Balaban J connectivity index is 1.93. The molecule has 1 aliphatic heterocycles. The normalized spacial score (nSPS) is 15.4. The molecule has 0 aliphatic carbocycles. The number of nitrogens with one attached hydrogen (secondary N) is 2. The Bertz CT molecular complexity index is 496. The van der Waals surface area contributed by atoms with Gasteiger partial charge in [0.1, 0.15) is 19.6 Å². The fourth-order valence-corrected chi connectivity index (χ4v) is 1.99. The predicted octanol–water partition coefficient (Wildman–Crippen LogP) is -0.0884. The molecule has 2 rings (SSSR count). The molecule has 2 N–H and O–H groups in total. The van der Waals surface area contributed by atoms with Crippen molar-refractivity contribution in [3.05, 3.63) is 29.8 Å². The lowest BCUT2D eigenvalue weighted by Gasteiger charge is -2.21.